The number of aliphatic hydroxyl groups is 1. The predicted octanol–water partition coefficient (Wildman–Crippen LogP) is 5.18. The second kappa shape index (κ2) is 8.33. The minimum Gasteiger partial charge on any atom is -0.488 e. The number of benzene rings is 2. The smallest absolute Gasteiger partial charge is 0.156 e. The molecule has 0 spiro atoms. The van der Waals surface area contributed by atoms with Crippen LogP contribution in [0.5, 0.6) is 5.75 Å². The van der Waals surface area contributed by atoms with E-state index in [1.54, 1.807) is 29.5 Å². The molecule has 3 aromatic rings. The van der Waals surface area contributed by atoms with Crippen molar-refractivity contribution in [1.82, 2.24) is 9.88 Å². The Morgan fingerprint density at radius 1 is 1.19 bits per heavy atom. The molecule has 0 saturated carbocycles. The zero-order valence-corrected chi connectivity index (χ0v) is 17.0. The molecule has 0 radical (unpaired) electrons. The number of halogens is 2. The molecule has 2 atom stereocenters. The van der Waals surface area contributed by atoms with Gasteiger partial charge in [0.15, 0.2) is 5.75 Å². The number of hydrogen-bond donors (Lipinski definition) is 1. The summed E-state index contributed by atoms with van der Waals surface area (Å²) in [4.78, 5) is 7.09. The molecule has 27 heavy (non-hydrogen) atoms. The van der Waals surface area contributed by atoms with Gasteiger partial charge in [-0.3, -0.25) is 4.90 Å². The highest BCUT2D eigenvalue weighted by molar-refractivity contribution is 7.18. The van der Waals surface area contributed by atoms with E-state index in [1.165, 1.54) is 4.70 Å². The first-order valence-electron chi connectivity index (χ1n) is 8.96. The third-order valence-corrected chi connectivity index (χ3v) is 6.48. The highest BCUT2D eigenvalue weighted by atomic mass is 35.5. The van der Waals surface area contributed by atoms with Crippen molar-refractivity contribution in [1.29, 1.82) is 0 Å². The van der Waals surface area contributed by atoms with Crippen LogP contribution in [0.1, 0.15) is 23.9 Å². The van der Waals surface area contributed by atoms with E-state index in [0.717, 1.165) is 29.9 Å². The van der Waals surface area contributed by atoms with Gasteiger partial charge >= 0.3 is 0 Å². The Hall–Kier alpha value is -1.37. The number of aromatic nitrogens is 1. The Bertz CT molecular complexity index is 880. The molecule has 0 amide bonds. The Morgan fingerprint density at radius 2 is 1.96 bits per heavy atom. The Labute approximate surface area is 172 Å². The first kappa shape index (κ1) is 19.0. The molecule has 1 aliphatic rings. The van der Waals surface area contributed by atoms with Gasteiger partial charge in [-0.2, -0.15) is 0 Å². The minimum atomic E-state index is -0.632. The molecular formula is C20H20Cl2N2O2S. The number of β-amino-alcohol motifs (C(OH)–C–C–N with tert-alkyl or cyclic N) is 1. The average molecular weight is 423 g/mol. The molecule has 0 bridgehead atoms. The fourth-order valence-corrected chi connectivity index (χ4v) is 5.12. The normalized spacial score (nSPS) is 18.9. The first-order chi connectivity index (χ1) is 13.1. The SMILES string of the molecule is OC(COc1c(Cl)cccc1Cl)CN1CCCC1c1nc2ccccc2s1. The van der Waals surface area contributed by atoms with Crippen molar-refractivity contribution in [2.75, 3.05) is 19.7 Å². The highest BCUT2D eigenvalue weighted by Crippen LogP contribution is 2.36. The number of nitrogens with zero attached hydrogens (tertiary/aromatic N) is 2. The van der Waals surface area contributed by atoms with Crippen LogP contribution in [0.15, 0.2) is 42.5 Å². The van der Waals surface area contributed by atoms with Crippen molar-refractivity contribution in [2.24, 2.45) is 0 Å². The van der Waals surface area contributed by atoms with E-state index in [4.69, 9.17) is 32.9 Å². The van der Waals surface area contributed by atoms with Gasteiger partial charge in [-0.25, -0.2) is 4.98 Å². The maximum Gasteiger partial charge on any atom is 0.156 e. The van der Waals surface area contributed by atoms with Crippen LogP contribution >= 0.6 is 34.5 Å². The summed E-state index contributed by atoms with van der Waals surface area (Å²) in [6.07, 6.45) is 1.53. The van der Waals surface area contributed by atoms with Gasteiger partial charge in [0.1, 0.15) is 17.7 Å². The molecule has 7 heteroatoms. The van der Waals surface area contributed by atoms with Gasteiger partial charge in [-0.05, 0) is 43.7 Å². The maximum absolute atomic E-state index is 10.5. The lowest BCUT2D eigenvalue weighted by Crippen LogP contribution is -2.35. The van der Waals surface area contributed by atoms with Gasteiger partial charge < -0.3 is 9.84 Å². The molecule has 2 unspecified atom stereocenters. The quantitative estimate of drug-likeness (QED) is 0.594. The van der Waals surface area contributed by atoms with Gasteiger partial charge in [-0.15, -0.1) is 11.3 Å². The van der Waals surface area contributed by atoms with Gasteiger partial charge in [0.05, 0.1) is 26.3 Å². The fraction of sp³-hybridized carbons (Fsp3) is 0.350. The number of fused-ring (bicyclic) bond motifs is 1. The Kier molecular flexibility index (Phi) is 5.85. The van der Waals surface area contributed by atoms with Crippen LogP contribution in [0, 0.1) is 0 Å². The fourth-order valence-electron chi connectivity index (χ4n) is 3.48. The summed E-state index contributed by atoms with van der Waals surface area (Å²) >= 11 is 14.0. The largest absolute Gasteiger partial charge is 0.488 e. The van der Waals surface area contributed by atoms with Crippen LogP contribution in [0.2, 0.25) is 10.0 Å². The van der Waals surface area contributed by atoms with Crippen LogP contribution in [0.4, 0.5) is 0 Å². The van der Waals surface area contributed by atoms with Crippen molar-refractivity contribution in [3.05, 3.63) is 57.5 Å². The van der Waals surface area contributed by atoms with E-state index in [9.17, 15) is 5.11 Å². The molecule has 142 valence electrons. The van der Waals surface area contributed by atoms with E-state index >= 15 is 0 Å². The molecule has 1 N–H and O–H groups in total. The lowest BCUT2D eigenvalue weighted by atomic mass is 10.2. The average Bonchev–Trinajstić information content (AvgIpc) is 3.27. The number of likely N-dealkylation sites (tertiary alicyclic amines) is 1. The van der Waals surface area contributed by atoms with Crippen LogP contribution in [0.3, 0.4) is 0 Å². The monoisotopic (exact) mass is 422 g/mol. The summed E-state index contributed by atoms with van der Waals surface area (Å²) in [6, 6.07) is 13.7. The summed E-state index contributed by atoms with van der Waals surface area (Å²) in [6.45, 7) is 1.62. The lowest BCUT2D eigenvalue weighted by molar-refractivity contribution is 0.0639. The van der Waals surface area contributed by atoms with Crippen molar-refractivity contribution < 1.29 is 9.84 Å². The number of thiazole rings is 1. The van der Waals surface area contributed by atoms with Crippen molar-refractivity contribution in [3.8, 4) is 5.75 Å². The summed E-state index contributed by atoms with van der Waals surface area (Å²) in [7, 11) is 0. The second-order valence-corrected chi connectivity index (χ2v) is 8.57. The van der Waals surface area contributed by atoms with Gasteiger partial charge in [0, 0.05) is 6.54 Å². The first-order valence-corrected chi connectivity index (χ1v) is 10.5. The molecule has 1 fully saturated rings. The predicted molar refractivity (Wildman–Crippen MR) is 111 cm³/mol. The number of para-hydroxylation sites is 2. The summed E-state index contributed by atoms with van der Waals surface area (Å²) in [5.41, 5.74) is 1.04. The van der Waals surface area contributed by atoms with Gasteiger partial charge in [0.25, 0.3) is 0 Å². The summed E-state index contributed by atoms with van der Waals surface area (Å²) in [5, 5.41) is 12.5. The van der Waals surface area contributed by atoms with Crippen LogP contribution in [0.25, 0.3) is 10.2 Å². The number of ether oxygens (including phenoxy) is 1. The van der Waals surface area contributed by atoms with Gasteiger partial charge in [-0.1, -0.05) is 41.4 Å². The van der Waals surface area contributed by atoms with Crippen molar-refractivity contribution >= 4 is 44.8 Å². The van der Waals surface area contributed by atoms with E-state index in [0.29, 0.717) is 22.3 Å². The van der Waals surface area contributed by atoms with E-state index in [2.05, 4.69) is 11.0 Å². The molecule has 1 aliphatic heterocycles. The van der Waals surface area contributed by atoms with Gasteiger partial charge in [0.2, 0.25) is 0 Å². The van der Waals surface area contributed by atoms with Crippen LogP contribution < -0.4 is 4.74 Å². The number of aliphatic hydroxyl groups excluding tert-OH is 1. The molecular weight excluding hydrogens is 403 g/mol. The van der Waals surface area contributed by atoms with E-state index in [-0.39, 0.29) is 12.6 Å². The lowest BCUT2D eigenvalue weighted by Gasteiger charge is -2.25. The molecule has 2 aromatic carbocycles. The van der Waals surface area contributed by atoms with Crippen molar-refractivity contribution in [3.63, 3.8) is 0 Å². The molecule has 0 aliphatic carbocycles. The van der Waals surface area contributed by atoms with E-state index < -0.39 is 6.10 Å². The third kappa shape index (κ3) is 4.23. The third-order valence-electron chi connectivity index (χ3n) is 4.74. The van der Waals surface area contributed by atoms with Crippen LogP contribution in [-0.2, 0) is 0 Å². The summed E-state index contributed by atoms with van der Waals surface area (Å²) in [5.74, 6) is 0.420. The maximum atomic E-state index is 10.5. The second-order valence-electron chi connectivity index (χ2n) is 6.69. The zero-order chi connectivity index (χ0) is 18.8. The molecule has 4 rings (SSSR count). The highest BCUT2D eigenvalue weighted by Gasteiger charge is 2.30. The molecule has 1 saturated heterocycles. The van der Waals surface area contributed by atoms with Crippen LogP contribution in [-0.4, -0.2) is 40.8 Å². The van der Waals surface area contributed by atoms with E-state index in [1.807, 2.05) is 18.2 Å². The summed E-state index contributed by atoms with van der Waals surface area (Å²) < 4.78 is 6.88. The Morgan fingerprint density at radius 3 is 2.74 bits per heavy atom. The minimum absolute atomic E-state index is 0.145. The molecule has 2 heterocycles. The molecule has 1 aromatic heterocycles. The number of hydrogen-bond acceptors (Lipinski definition) is 5. The Balaban J connectivity index is 1.40. The zero-order valence-electron chi connectivity index (χ0n) is 14.6. The topological polar surface area (TPSA) is 45.6 Å². The standard InChI is InChI=1S/C20H20Cl2N2O2S/c21-14-5-3-6-15(22)19(14)26-12-13(25)11-24-10-4-8-17(24)20-23-16-7-1-2-9-18(16)27-20/h1-3,5-7,9,13,17,25H,4,8,10-12H2. The molecule has 4 nitrogen and oxygen atoms in total. The number of rotatable bonds is 6. The van der Waals surface area contributed by atoms with Crippen molar-refractivity contribution in [2.45, 2.75) is 25.0 Å².